The second-order valence-electron chi connectivity index (χ2n) is 6.41. The lowest BCUT2D eigenvalue weighted by atomic mass is 9.83. The van der Waals surface area contributed by atoms with E-state index in [1.165, 1.54) is 25.7 Å². The van der Waals surface area contributed by atoms with E-state index in [2.05, 4.69) is 12.2 Å². The number of rotatable bonds is 5. The van der Waals surface area contributed by atoms with Crippen molar-refractivity contribution in [1.29, 1.82) is 0 Å². The van der Waals surface area contributed by atoms with Crippen LogP contribution in [0.25, 0.3) is 0 Å². The largest absolute Gasteiger partial charge is 0.399 e. The van der Waals surface area contributed by atoms with Gasteiger partial charge in [-0.1, -0.05) is 31.9 Å². The van der Waals surface area contributed by atoms with E-state index in [1.807, 2.05) is 31.2 Å². The van der Waals surface area contributed by atoms with E-state index in [0.717, 1.165) is 24.3 Å². The molecule has 116 valence electrons. The van der Waals surface area contributed by atoms with Gasteiger partial charge in [-0.05, 0) is 56.2 Å². The first-order valence-electron chi connectivity index (χ1n) is 8.26. The Hall–Kier alpha value is -1.51. The first-order valence-corrected chi connectivity index (χ1v) is 8.26. The van der Waals surface area contributed by atoms with E-state index < -0.39 is 0 Å². The van der Waals surface area contributed by atoms with Crippen LogP contribution in [0.15, 0.2) is 24.3 Å². The van der Waals surface area contributed by atoms with Gasteiger partial charge in [0.1, 0.15) is 0 Å². The summed E-state index contributed by atoms with van der Waals surface area (Å²) < 4.78 is 0. The maximum atomic E-state index is 12.4. The number of nitrogens with two attached hydrogens (primary N) is 1. The highest BCUT2D eigenvalue weighted by Gasteiger charge is 2.24. The van der Waals surface area contributed by atoms with Crippen LogP contribution in [0.2, 0.25) is 0 Å². The minimum absolute atomic E-state index is 0.125. The predicted molar refractivity (Wildman–Crippen MR) is 88.1 cm³/mol. The smallest absolute Gasteiger partial charge is 0.227 e. The summed E-state index contributed by atoms with van der Waals surface area (Å²) >= 11 is 0. The molecule has 1 unspecified atom stereocenters. The summed E-state index contributed by atoms with van der Waals surface area (Å²) in [5.74, 6) is 0.857. The maximum absolute atomic E-state index is 12.4. The number of carbonyl (C=O) groups excluding carboxylic acids is 1. The third-order valence-corrected chi connectivity index (χ3v) is 4.69. The molecule has 1 atom stereocenters. The minimum atomic E-state index is -0.137. The number of nitrogen functional groups attached to an aromatic ring is 1. The van der Waals surface area contributed by atoms with Crippen molar-refractivity contribution in [1.82, 2.24) is 5.32 Å². The number of carbonyl (C=O) groups is 1. The van der Waals surface area contributed by atoms with Gasteiger partial charge < -0.3 is 11.1 Å². The molecule has 0 spiro atoms. The molecule has 0 heterocycles. The third-order valence-electron chi connectivity index (χ3n) is 4.69. The van der Waals surface area contributed by atoms with Crippen LogP contribution in [0.3, 0.4) is 0 Å². The number of nitrogens with one attached hydrogen (secondary N) is 1. The summed E-state index contributed by atoms with van der Waals surface area (Å²) in [7, 11) is 0. The van der Waals surface area contributed by atoms with Gasteiger partial charge in [0, 0.05) is 11.7 Å². The Labute approximate surface area is 128 Å². The lowest BCUT2D eigenvalue weighted by molar-refractivity contribution is -0.123. The fourth-order valence-corrected chi connectivity index (χ4v) is 3.31. The molecule has 0 aliphatic heterocycles. The molecule has 3 heteroatoms. The van der Waals surface area contributed by atoms with Gasteiger partial charge in [-0.3, -0.25) is 4.79 Å². The van der Waals surface area contributed by atoms with Crippen LogP contribution in [-0.4, -0.2) is 11.9 Å². The number of benzene rings is 1. The van der Waals surface area contributed by atoms with E-state index >= 15 is 0 Å². The van der Waals surface area contributed by atoms with Crippen molar-refractivity contribution in [2.45, 2.75) is 64.3 Å². The fraction of sp³-hybridized carbons (Fsp3) is 0.611. The molecule has 1 aliphatic rings. The lowest BCUT2D eigenvalue weighted by Gasteiger charge is -2.29. The number of hydrogen-bond acceptors (Lipinski definition) is 2. The zero-order chi connectivity index (χ0) is 15.2. The Kier molecular flexibility index (Phi) is 5.66. The van der Waals surface area contributed by atoms with Crippen molar-refractivity contribution >= 4 is 11.6 Å². The van der Waals surface area contributed by atoms with Gasteiger partial charge in [0.2, 0.25) is 5.91 Å². The van der Waals surface area contributed by atoms with E-state index in [1.54, 1.807) is 0 Å². The van der Waals surface area contributed by atoms with Crippen molar-refractivity contribution in [2.24, 2.45) is 5.92 Å². The first-order chi connectivity index (χ1) is 10.1. The highest BCUT2D eigenvalue weighted by atomic mass is 16.1. The van der Waals surface area contributed by atoms with Crippen molar-refractivity contribution in [2.75, 3.05) is 5.73 Å². The van der Waals surface area contributed by atoms with E-state index in [-0.39, 0.29) is 11.8 Å². The molecule has 1 saturated carbocycles. The SMILES string of the molecule is CCCC1CCC(NC(=O)C(C)c2cccc(N)c2)CC1. The Bertz CT molecular complexity index is 464. The van der Waals surface area contributed by atoms with Crippen LogP contribution < -0.4 is 11.1 Å². The monoisotopic (exact) mass is 288 g/mol. The van der Waals surface area contributed by atoms with Crippen LogP contribution >= 0.6 is 0 Å². The predicted octanol–water partition coefficient (Wildman–Crippen LogP) is 3.85. The van der Waals surface area contributed by atoms with Crippen LogP contribution in [0.5, 0.6) is 0 Å². The van der Waals surface area contributed by atoms with Gasteiger partial charge >= 0.3 is 0 Å². The molecule has 1 aromatic carbocycles. The van der Waals surface area contributed by atoms with Gasteiger partial charge in [0.25, 0.3) is 0 Å². The van der Waals surface area contributed by atoms with Gasteiger partial charge in [-0.25, -0.2) is 0 Å². The Morgan fingerprint density at radius 3 is 2.67 bits per heavy atom. The third kappa shape index (κ3) is 4.48. The summed E-state index contributed by atoms with van der Waals surface area (Å²) in [5, 5.41) is 3.22. The van der Waals surface area contributed by atoms with Crippen LogP contribution in [0.1, 0.15) is 63.9 Å². The van der Waals surface area contributed by atoms with E-state index in [9.17, 15) is 4.79 Å². The lowest BCUT2D eigenvalue weighted by Crippen LogP contribution is -2.39. The molecule has 0 aromatic heterocycles. The Balaban J connectivity index is 1.84. The number of amides is 1. The topological polar surface area (TPSA) is 55.1 Å². The molecule has 1 aromatic rings. The summed E-state index contributed by atoms with van der Waals surface area (Å²) in [4.78, 5) is 12.4. The van der Waals surface area contributed by atoms with Crippen molar-refractivity contribution < 1.29 is 4.79 Å². The normalized spacial score (nSPS) is 23.5. The van der Waals surface area contributed by atoms with Crippen molar-refractivity contribution in [3.05, 3.63) is 29.8 Å². The zero-order valence-electron chi connectivity index (χ0n) is 13.3. The first kappa shape index (κ1) is 15.9. The fourth-order valence-electron chi connectivity index (χ4n) is 3.31. The molecule has 21 heavy (non-hydrogen) atoms. The molecule has 1 aliphatic carbocycles. The Morgan fingerprint density at radius 1 is 1.33 bits per heavy atom. The van der Waals surface area contributed by atoms with Crippen LogP contribution in [0.4, 0.5) is 5.69 Å². The average molecular weight is 288 g/mol. The van der Waals surface area contributed by atoms with E-state index in [4.69, 9.17) is 5.73 Å². The molecule has 1 amide bonds. The molecule has 3 nitrogen and oxygen atoms in total. The quantitative estimate of drug-likeness (QED) is 0.809. The summed E-state index contributed by atoms with van der Waals surface area (Å²) in [6.07, 6.45) is 7.37. The van der Waals surface area contributed by atoms with Gasteiger partial charge in [0.15, 0.2) is 0 Å². The molecule has 1 fully saturated rings. The molecule has 3 N–H and O–H groups in total. The van der Waals surface area contributed by atoms with Crippen LogP contribution in [-0.2, 0) is 4.79 Å². The molecular weight excluding hydrogens is 260 g/mol. The standard InChI is InChI=1S/C18H28N2O/c1-3-5-14-8-10-17(11-9-14)20-18(21)13(2)15-6-4-7-16(19)12-15/h4,6-7,12-14,17H,3,5,8-11,19H2,1-2H3,(H,20,21). The highest BCUT2D eigenvalue weighted by molar-refractivity contribution is 5.83. The van der Waals surface area contributed by atoms with Crippen LogP contribution in [0, 0.1) is 5.92 Å². The van der Waals surface area contributed by atoms with Crippen molar-refractivity contribution in [3.63, 3.8) is 0 Å². The molecular formula is C18H28N2O. The number of hydrogen-bond donors (Lipinski definition) is 2. The molecule has 0 saturated heterocycles. The highest BCUT2D eigenvalue weighted by Crippen LogP contribution is 2.28. The van der Waals surface area contributed by atoms with Gasteiger partial charge in [-0.15, -0.1) is 0 Å². The Morgan fingerprint density at radius 2 is 2.05 bits per heavy atom. The second-order valence-corrected chi connectivity index (χ2v) is 6.41. The second kappa shape index (κ2) is 7.48. The molecule has 0 radical (unpaired) electrons. The minimum Gasteiger partial charge on any atom is -0.399 e. The number of anilines is 1. The molecule has 0 bridgehead atoms. The molecule has 2 rings (SSSR count). The summed E-state index contributed by atoms with van der Waals surface area (Å²) in [6, 6.07) is 7.98. The summed E-state index contributed by atoms with van der Waals surface area (Å²) in [5.41, 5.74) is 7.50. The van der Waals surface area contributed by atoms with Crippen molar-refractivity contribution in [3.8, 4) is 0 Å². The van der Waals surface area contributed by atoms with Gasteiger partial charge in [-0.2, -0.15) is 0 Å². The van der Waals surface area contributed by atoms with E-state index in [0.29, 0.717) is 11.7 Å². The summed E-state index contributed by atoms with van der Waals surface area (Å²) in [6.45, 7) is 4.20. The maximum Gasteiger partial charge on any atom is 0.227 e. The van der Waals surface area contributed by atoms with Gasteiger partial charge in [0.05, 0.1) is 5.92 Å². The zero-order valence-corrected chi connectivity index (χ0v) is 13.3. The average Bonchev–Trinajstić information content (AvgIpc) is 2.48.